The van der Waals surface area contributed by atoms with E-state index in [2.05, 4.69) is 0 Å². The van der Waals surface area contributed by atoms with Crippen molar-refractivity contribution in [1.82, 2.24) is 4.90 Å². The van der Waals surface area contributed by atoms with Crippen molar-refractivity contribution in [3.05, 3.63) is 89.0 Å². The van der Waals surface area contributed by atoms with E-state index in [9.17, 15) is 19.8 Å². The molecule has 0 aromatic heterocycles. The van der Waals surface area contributed by atoms with Crippen LogP contribution in [0.1, 0.15) is 55.5 Å². The Morgan fingerprint density at radius 3 is 2.38 bits per heavy atom. The van der Waals surface area contributed by atoms with Gasteiger partial charge in [-0.15, -0.1) is 0 Å². The molecule has 1 amide bonds. The molecule has 9 heteroatoms. The van der Waals surface area contributed by atoms with Crippen molar-refractivity contribution in [1.29, 1.82) is 0 Å². The summed E-state index contributed by atoms with van der Waals surface area (Å²) in [7, 11) is 3.13. The van der Waals surface area contributed by atoms with E-state index < -0.39 is 29.8 Å². The van der Waals surface area contributed by atoms with E-state index in [1.807, 2.05) is 72.6 Å². The number of aromatic hydroxyl groups is 1. The zero-order valence-corrected chi connectivity index (χ0v) is 24.9. The average Bonchev–Trinajstić information content (AvgIpc) is 2.97. The topological polar surface area (TPSA) is 109 Å². The zero-order valence-electron chi connectivity index (χ0n) is 24.9. The Kier molecular flexibility index (Phi) is 9.63. The second kappa shape index (κ2) is 13.2. The highest BCUT2D eigenvalue weighted by molar-refractivity contribution is 5.83. The highest BCUT2D eigenvalue weighted by atomic mass is 16.6. The Morgan fingerprint density at radius 2 is 1.74 bits per heavy atom. The van der Waals surface area contributed by atoms with Crippen LogP contribution in [-0.4, -0.2) is 59.5 Å². The Labute approximate surface area is 247 Å². The number of benzene rings is 3. The van der Waals surface area contributed by atoms with Crippen molar-refractivity contribution in [3.63, 3.8) is 0 Å². The number of hydrogen-bond donors (Lipinski definition) is 2. The number of esters is 1. The molecule has 3 aromatic carbocycles. The lowest BCUT2D eigenvalue weighted by Crippen LogP contribution is -2.50. The lowest BCUT2D eigenvalue weighted by atomic mass is 9.93. The SMILES string of the molecule is COC(=O)[C@@H]1Cc2cc(N(C)CC[C@H](O)c3ccc(OCc4ccccc4)cc3)c(O)cc2CN1C(=O)OC(C)(C)C. The molecule has 2 N–H and O–H groups in total. The minimum absolute atomic E-state index is 0.0475. The molecule has 1 aliphatic rings. The summed E-state index contributed by atoms with van der Waals surface area (Å²) < 4.78 is 16.3. The van der Waals surface area contributed by atoms with Crippen molar-refractivity contribution < 1.29 is 34.0 Å². The number of phenolic OH excluding ortho intramolecular Hbond substituents is 1. The molecule has 1 aliphatic heterocycles. The molecule has 0 fully saturated rings. The predicted molar refractivity (Wildman–Crippen MR) is 159 cm³/mol. The van der Waals surface area contributed by atoms with E-state index in [4.69, 9.17) is 14.2 Å². The monoisotopic (exact) mass is 576 g/mol. The number of anilines is 1. The summed E-state index contributed by atoms with van der Waals surface area (Å²) in [6, 6.07) is 19.9. The summed E-state index contributed by atoms with van der Waals surface area (Å²) in [4.78, 5) is 28.7. The summed E-state index contributed by atoms with van der Waals surface area (Å²) in [6.45, 7) is 6.32. The first-order valence-corrected chi connectivity index (χ1v) is 14.0. The number of fused-ring (bicyclic) bond motifs is 1. The van der Waals surface area contributed by atoms with Crippen LogP contribution in [0.5, 0.6) is 11.5 Å². The molecule has 224 valence electrons. The van der Waals surface area contributed by atoms with Crippen LogP contribution >= 0.6 is 0 Å². The molecule has 0 saturated carbocycles. The van der Waals surface area contributed by atoms with Crippen LogP contribution < -0.4 is 9.64 Å². The average molecular weight is 577 g/mol. The number of nitrogens with zero attached hydrogens (tertiary/aromatic N) is 2. The number of carbonyl (C=O) groups is 2. The van der Waals surface area contributed by atoms with Crippen molar-refractivity contribution in [2.75, 3.05) is 25.6 Å². The van der Waals surface area contributed by atoms with Crippen LogP contribution in [0.3, 0.4) is 0 Å². The number of amides is 1. The highest BCUT2D eigenvalue weighted by Gasteiger charge is 2.38. The van der Waals surface area contributed by atoms with E-state index in [0.29, 0.717) is 25.3 Å². The summed E-state index contributed by atoms with van der Waals surface area (Å²) in [5.74, 6) is 0.238. The molecule has 1 heterocycles. The third-order valence-corrected chi connectivity index (χ3v) is 7.19. The molecule has 4 rings (SSSR count). The minimum atomic E-state index is -0.846. The molecule has 42 heavy (non-hydrogen) atoms. The maximum atomic E-state index is 12.9. The van der Waals surface area contributed by atoms with Gasteiger partial charge in [0.05, 0.1) is 25.4 Å². The summed E-state index contributed by atoms with van der Waals surface area (Å²) in [5.41, 5.74) is 3.25. The molecular formula is C33H40N2O7. The third-order valence-electron chi connectivity index (χ3n) is 7.19. The van der Waals surface area contributed by atoms with Gasteiger partial charge in [-0.05, 0) is 73.7 Å². The van der Waals surface area contributed by atoms with Crippen molar-refractivity contribution >= 4 is 17.7 Å². The molecule has 0 bridgehead atoms. The van der Waals surface area contributed by atoms with Crippen LogP contribution in [0, 0.1) is 0 Å². The first kappa shape index (κ1) is 30.7. The Balaban J connectivity index is 1.40. The van der Waals surface area contributed by atoms with Crippen LogP contribution in [0.25, 0.3) is 0 Å². The molecule has 2 atom stereocenters. The van der Waals surface area contributed by atoms with Crippen LogP contribution in [0.4, 0.5) is 10.5 Å². The number of methoxy groups -OCH3 is 1. The van der Waals surface area contributed by atoms with E-state index in [1.54, 1.807) is 26.8 Å². The number of rotatable bonds is 9. The van der Waals surface area contributed by atoms with Gasteiger partial charge in [0, 0.05) is 20.0 Å². The quantitative estimate of drug-likeness (QED) is 0.328. The Hall–Kier alpha value is -4.24. The van der Waals surface area contributed by atoms with Gasteiger partial charge >= 0.3 is 12.1 Å². The van der Waals surface area contributed by atoms with Gasteiger partial charge < -0.3 is 29.3 Å². The maximum Gasteiger partial charge on any atom is 0.411 e. The Morgan fingerprint density at radius 1 is 1.05 bits per heavy atom. The molecule has 0 saturated heterocycles. The van der Waals surface area contributed by atoms with Crippen molar-refractivity contribution in [2.24, 2.45) is 0 Å². The number of carbonyl (C=O) groups excluding carboxylic acids is 2. The molecule has 9 nitrogen and oxygen atoms in total. The summed E-state index contributed by atoms with van der Waals surface area (Å²) in [6.07, 6.45) is -0.673. The van der Waals surface area contributed by atoms with Gasteiger partial charge in [0.2, 0.25) is 0 Å². The van der Waals surface area contributed by atoms with Gasteiger partial charge in [0.1, 0.15) is 29.7 Å². The van der Waals surface area contributed by atoms with Gasteiger partial charge in [0.15, 0.2) is 0 Å². The fourth-order valence-electron chi connectivity index (χ4n) is 4.91. The number of aliphatic hydroxyl groups is 1. The van der Waals surface area contributed by atoms with Gasteiger partial charge in [-0.3, -0.25) is 4.90 Å². The van der Waals surface area contributed by atoms with E-state index in [1.165, 1.54) is 12.0 Å². The van der Waals surface area contributed by atoms with E-state index in [-0.39, 0.29) is 18.7 Å². The number of aliphatic hydroxyl groups excluding tert-OH is 1. The lowest BCUT2D eigenvalue weighted by Gasteiger charge is -2.36. The smallest absolute Gasteiger partial charge is 0.411 e. The normalized spacial score (nSPS) is 15.4. The van der Waals surface area contributed by atoms with Gasteiger partial charge in [0.25, 0.3) is 0 Å². The molecule has 0 spiro atoms. The van der Waals surface area contributed by atoms with Gasteiger partial charge in [-0.2, -0.15) is 0 Å². The van der Waals surface area contributed by atoms with Crippen molar-refractivity contribution in [3.8, 4) is 11.5 Å². The first-order valence-electron chi connectivity index (χ1n) is 14.0. The first-order chi connectivity index (χ1) is 19.9. The van der Waals surface area contributed by atoms with Crippen LogP contribution in [0.15, 0.2) is 66.7 Å². The minimum Gasteiger partial charge on any atom is -0.506 e. The standard InChI is InChI=1S/C33H40N2O7/c1-33(2,3)42-32(39)35-20-25-19-30(37)27(17-24(25)18-28(35)31(38)40-5)34(4)16-15-29(36)23-11-13-26(14-12-23)41-21-22-9-7-6-8-10-22/h6-14,17,19,28-29,36-37H,15-16,18,20-21H2,1-5H3/t28-,29-/m0/s1. The van der Waals surface area contributed by atoms with E-state index in [0.717, 1.165) is 28.0 Å². The third kappa shape index (κ3) is 7.73. The number of hydrogen-bond acceptors (Lipinski definition) is 8. The van der Waals surface area contributed by atoms with E-state index >= 15 is 0 Å². The fourth-order valence-corrected chi connectivity index (χ4v) is 4.91. The predicted octanol–water partition coefficient (Wildman–Crippen LogP) is 5.37. The molecular weight excluding hydrogens is 536 g/mol. The second-order valence-corrected chi connectivity index (χ2v) is 11.5. The molecule has 0 radical (unpaired) electrons. The Bertz CT molecular complexity index is 1370. The highest BCUT2D eigenvalue weighted by Crippen LogP contribution is 2.36. The van der Waals surface area contributed by atoms with Crippen LogP contribution in [-0.2, 0) is 33.8 Å². The second-order valence-electron chi connectivity index (χ2n) is 11.5. The molecule has 3 aromatic rings. The van der Waals surface area contributed by atoms with Gasteiger partial charge in [-0.25, -0.2) is 9.59 Å². The number of phenols is 1. The van der Waals surface area contributed by atoms with Crippen molar-refractivity contribution in [2.45, 2.75) is 64.5 Å². The summed E-state index contributed by atoms with van der Waals surface area (Å²) >= 11 is 0. The largest absolute Gasteiger partial charge is 0.506 e. The van der Waals surface area contributed by atoms with Gasteiger partial charge in [-0.1, -0.05) is 42.5 Å². The van der Waals surface area contributed by atoms with Crippen LogP contribution in [0.2, 0.25) is 0 Å². The summed E-state index contributed by atoms with van der Waals surface area (Å²) in [5, 5.41) is 21.7. The number of ether oxygens (including phenoxy) is 3. The lowest BCUT2D eigenvalue weighted by molar-refractivity contribution is -0.147. The molecule has 0 unspecified atom stereocenters. The maximum absolute atomic E-state index is 12.9. The fraction of sp³-hybridized carbons (Fsp3) is 0.394. The molecule has 0 aliphatic carbocycles. The zero-order chi connectivity index (χ0) is 30.4.